The second-order valence-electron chi connectivity index (χ2n) is 10.1. The van der Waals surface area contributed by atoms with E-state index in [0.29, 0.717) is 49.9 Å². The van der Waals surface area contributed by atoms with Crippen molar-refractivity contribution in [2.75, 3.05) is 13.2 Å². The number of rotatable bonds is 18. The highest BCUT2D eigenvalue weighted by Gasteiger charge is 2.09. The minimum atomic E-state index is -0.275. The molecule has 0 radical (unpaired) electrons. The Bertz CT molecular complexity index is 1600. The number of benzene rings is 2. The van der Waals surface area contributed by atoms with E-state index in [4.69, 9.17) is 45.4 Å². The molecule has 0 saturated carbocycles. The maximum atomic E-state index is 13.2. The van der Waals surface area contributed by atoms with Crippen LogP contribution in [0.2, 0.25) is 0 Å². The fourth-order valence-corrected chi connectivity index (χ4v) is 4.54. The second-order valence-corrected chi connectivity index (χ2v) is 11.0. The summed E-state index contributed by atoms with van der Waals surface area (Å²) in [6.45, 7) is 3.69. The average Bonchev–Trinajstić information content (AvgIpc) is 3.00. The summed E-state index contributed by atoms with van der Waals surface area (Å²) in [6.07, 6.45) is 7.88. The van der Waals surface area contributed by atoms with E-state index in [2.05, 4.69) is 21.1 Å². The molecule has 1 aromatic heterocycles. The predicted molar refractivity (Wildman–Crippen MR) is 186 cm³/mol. The Morgan fingerprint density at radius 3 is 1.71 bits per heavy atom. The lowest BCUT2D eigenvalue weighted by molar-refractivity contribution is 0.302. The standard InChI is InChI=1S/C31H40N8O4S2/c1-23-20-28(40)39(17-9-3-11-19-43-27-15-7-5-13-25(27)22-35-37-30(33)45)31(41)38(23)16-8-2-10-18-42-26-14-6-4-12-24(26)21-34-36-29(32)44/h4-7,12-15,20-22H,2-3,8-11,16-19H2,1H3,(H3,32,36,44)(H3,33,37,45)/b34-21+,35-22+. The topological polar surface area (TPSA) is 163 Å². The van der Waals surface area contributed by atoms with Crippen LogP contribution < -0.4 is 43.0 Å². The van der Waals surface area contributed by atoms with E-state index in [1.54, 1.807) is 23.9 Å². The minimum Gasteiger partial charge on any atom is -0.493 e. The highest BCUT2D eigenvalue weighted by atomic mass is 32.1. The molecule has 0 amide bonds. The van der Waals surface area contributed by atoms with Crippen LogP contribution >= 0.6 is 24.4 Å². The van der Waals surface area contributed by atoms with E-state index in [1.165, 1.54) is 10.6 Å². The third-order valence-corrected chi connectivity index (χ3v) is 6.83. The van der Waals surface area contributed by atoms with Crippen molar-refractivity contribution in [3.8, 4) is 11.5 Å². The molecular formula is C31H40N8O4S2. The van der Waals surface area contributed by atoms with Crippen LogP contribution in [0.5, 0.6) is 11.5 Å². The average molecular weight is 653 g/mol. The fraction of sp³-hybridized carbons (Fsp3) is 0.355. The molecule has 0 aliphatic rings. The molecule has 6 N–H and O–H groups in total. The summed E-state index contributed by atoms with van der Waals surface area (Å²) in [7, 11) is 0. The van der Waals surface area contributed by atoms with Crippen LogP contribution in [0, 0.1) is 6.92 Å². The lowest BCUT2D eigenvalue weighted by atomic mass is 10.2. The van der Waals surface area contributed by atoms with Crippen molar-refractivity contribution in [3.05, 3.63) is 92.3 Å². The van der Waals surface area contributed by atoms with E-state index in [0.717, 1.165) is 43.2 Å². The van der Waals surface area contributed by atoms with Gasteiger partial charge < -0.3 is 20.9 Å². The number of ether oxygens (including phenoxy) is 2. The molecule has 14 heteroatoms. The molecule has 0 fully saturated rings. The predicted octanol–water partition coefficient (Wildman–Crippen LogP) is 3.15. The van der Waals surface area contributed by atoms with Crippen LogP contribution in [-0.4, -0.2) is 45.0 Å². The van der Waals surface area contributed by atoms with Crippen molar-refractivity contribution in [2.45, 2.75) is 58.5 Å². The molecule has 0 atom stereocenters. The van der Waals surface area contributed by atoms with Gasteiger partial charge in [-0.1, -0.05) is 24.3 Å². The Balaban J connectivity index is 1.42. The molecule has 0 spiro atoms. The summed E-state index contributed by atoms with van der Waals surface area (Å²) in [5, 5.41) is 8.13. The SMILES string of the molecule is Cc1cc(=O)n(CCCCCOc2ccccc2/C=N/NC(N)=S)c(=O)n1CCCCCOc1ccccc1/C=N/NC(N)=S. The summed E-state index contributed by atoms with van der Waals surface area (Å²) >= 11 is 9.50. The number of hydrogen-bond acceptors (Lipinski definition) is 8. The first-order chi connectivity index (χ1) is 21.8. The van der Waals surface area contributed by atoms with Crippen LogP contribution in [0.1, 0.15) is 55.3 Å². The monoisotopic (exact) mass is 652 g/mol. The largest absolute Gasteiger partial charge is 0.493 e. The van der Waals surface area contributed by atoms with Gasteiger partial charge in [0.05, 0.1) is 25.6 Å². The number of nitrogens with two attached hydrogens (primary N) is 2. The Labute approximate surface area is 273 Å². The maximum Gasteiger partial charge on any atom is 0.331 e. The molecule has 0 unspecified atom stereocenters. The van der Waals surface area contributed by atoms with Gasteiger partial charge in [-0.15, -0.1) is 0 Å². The zero-order chi connectivity index (χ0) is 32.4. The lowest BCUT2D eigenvalue weighted by Crippen LogP contribution is -2.40. The number of nitrogens with one attached hydrogen (secondary N) is 2. The molecule has 0 aliphatic carbocycles. The number of hydrogen-bond donors (Lipinski definition) is 4. The van der Waals surface area contributed by atoms with Crippen molar-refractivity contribution in [3.63, 3.8) is 0 Å². The third-order valence-electron chi connectivity index (χ3n) is 6.65. The van der Waals surface area contributed by atoms with Gasteiger partial charge in [-0.2, -0.15) is 10.2 Å². The molecule has 1 heterocycles. The fourth-order valence-electron chi connectivity index (χ4n) is 4.43. The van der Waals surface area contributed by atoms with E-state index in [9.17, 15) is 9.59 Å². The smallest absolute Gasteiger partial charge is 0.331 e. The van der Waals surface area contributed by atoms with Gasteiger partial charge in [0.1, 0.15) is 11.5 Å². The number of hydrazone groups is 2. The molecule has 3 rings (SSSR count). The van der Waals surface area contributed by atoms with Gasteiger partial charge >= 0.3 is 5.69 Å². The lowest BCUT2D eigenvalue weighted by Gasteiger charge is -2.14. The van der Waals surface area contributed by atoms with E-state index >= 15 is 0 Å². The van der Waals surface area contributed by atoms with Gasteiger partial charge in [-0.25, -0.2) is 4.79 Å². The first-order valence-electron chi connectivity index (χ1n) is 14.7. The molecular weight excluding hydrogens is 613 g/mol. The Kier molecular flexibility index (Phi) is 14.7. The second kappa shape index (κ2) is 19.0. The summed E-state index contributed by atoms with van der Waals surface area (Å²) in [5.41, 5.74) is 17.5. The van der Waals surface area contributed by atoms with Crippen LogP contribution in [0.25, 0.3) is 0 Å². The molecule has 0 saturated heterocycles. The number of nitrogens with zero attached hydrogens (tertiary/aromatic N) is 4. The third kappa shape index (κ3) is 12.2. The van der Waals surface area contributed by atoms with Crippen LogP contribution in [0.4, 0.5) is 0 Å². The number of aryl methyl sites for hydroxylation is 1. The summed E-state index contributed by atoms with van der Waals surface area (Å²) in [4.78, 5) is 25.8. The molecule has 240 valence electrons. The number of unbranched alkanes of at least 4 members (excludes halogenated alkanes) is 4. The van der Waals surface area contributed by atoms with Crippen molar-refractivity contribution in [1.29, 1.82) is 0 Å². The van der Waals surface area contributed by atoms with Gasteiger partial charge in [0.15, 0.2) is 10.2 Å². The number of thiocarbonyl (C=S) groups is 2. The molecule has 0 aliphatic heterocycles. The van der Waals surface area contributed by atoms with Gasteiger partial charge in [-0.3, -0.25) is 24.8 Å². The molecule has 0 bridgehead atoms. The van der Waals surface area contributed by atoms with Gasteiger partial charge in [0, 0.05) is 36.0 Å². The Morgan fingerprint density at radius 1 is 0.756 bits per heavy atom. The zero-order valence-electron chi connectivity index (χ0n) is 25.3. The summed E-state index contributed by atoms with van der Waals surface area (Å²) in [6, 6.07) is 16.6. The highest BCUT2D eigenvalue weighted by Crippen LogP contribution is 2.17. The zero-order valence-corrected chi connectivity index (χ0v) is 26.9. The van der Waals surface area contributed by atoms with Crippen molar-refractivity contribution >= 4 is 47.1 Å². The van der Waals surface area contributed by atoms with Crippen LogP contribution in [0.15, 0.2) is 74.4 Å². The maximum absolute atomic E-state index is 13.2. The van der Waals surface area contributed by atoms with Crippen molar-refractivity contribution < 1.29 is 9.47 Å². The Hall–Kier alpha value is -4.56. The molecule has 3 aromatic rings. The van der Waals surface area contributed by atoms with E-state index in [-0.39, 0.29) is 21.5 Å². The van der Waals surface area contributed by atoms with Crippen LogP contribution in [0.3, 0.4) is 0 Å². The number of aromatic nitrogens is 2. The molecule has 12 nitrogen and oxygen atoms in total. The summed E-state index contributed by atoms with van der Waals surface area (Å²) in [5.74, 6) is 1.40. The van der Waals surface area contributed by atoms with Crippen molar-refractivity contribution in [2.24, 2.45) is 21.7 Å². The molecule has 45 heavy (non-hydrogen) atoms. The quantitative estimate of drug-likeness (QED) is 0.0695. The first-order valence-corrected chi connectivity index (χ1v) is 15.5. The normalized spacial score (nSPS) is 11.1. The van der Waals surface area contributed by atoms with Crippen LogP contribution in [-0.2, 0) is 13.1 Å². The van der Waals surface area contributed by atoms with Gasteiger partial charge in [-0.05, 0) is 94.1 Å². The van der Waals surface area contributed by atoms with E-state index < -0.39 is 0 Å². The van der Waals surface area contributed by atoms with Gasteiger partial charge in [0.25, 0.3) is 5.56 Å². The molecule has 2 aromatic carbocycles. The first kappa shape index (κ1) is 34.9. The van der Waals surface area contributed by atoms with E-state index in [1.807, 2.05) is 48.5 Å². The number of para-hydroxylation sites is 2. The van der Waals surface area contributed by atoms with Gasteiger partial charge in [0.2, 0.25) is 0 Å². The highest BCUT2D eigenvalue weighted by molar-refractivity contribution is 7.80. The minimum absolute atomic E-state index is 0.0826. The summed E-state index contributed by atoms with van der Waals surface area (Å²) < 4.78 is 14.8. The van der Waals surface area contributed by atoms with Crippen molar-refractivity contribution in [1.82, 2.24) is 20.0 Å². The Morgan fingerprint density at radius 2 is 1.22 bits per heavy atom.